The molecule has 0 aromatic carbocycles. The van der Waals surface area contributed by atoms with Crippen molar-refractivity contribution < 1.29 is 29.3 Å². The van der Waals surface area contributed by atoms with E-state index in [0.29, 0.717) is 19.3 Å². The molecule has 0 bridgehead atoms. The van der Waals surface area contributed by atoms with E-state index in [2.05, 4.69) is 32.9 Å². The molecule has 43 heavy (non-hydrogen) atoms. The Morgan fingerprint density at radius 3 is 1.84 bits per heavy atom. The van der Waals surface area contributed by atoms with Crippen molar-refractivity contribution in [3.63, 3.8) is 0 Å². The van der Waals surface area contributed by atoms with Crippen molar-refractivity contribution in [3.05, 3.63) is 36.5 Å². The predicted octanol–water partition coefficient (Wildman–Crippen LogP) is 9.33. The molecule has 0 aromatic rings. The molecule has 0 amide bonds. The molecule has 0 radical (unpaired) electrons. The van der Waals surface area contributed by atoms with E-state index >= 15 is 0 Å². The molecule has 0 aliphatic heterocycles. The number of esters is 2. The van der Waals surface area contributed by atoms with Crippen molar-refractivity contribution >= 4 is 11.9 Å². The Bertz CT molecular complexity index is 727. The van der Waals surface area contributed by atoms with E-state index < -0.39 is 12.2 Å². The highest BCUT2D eigenvalue weighted by molar-refractivity contribution is 5.70. The summed E-state index contributed by atoms with van der Waals surface area (Å²) in [7, 11) is 0. The highest BCUT2D eigenvalue weighted by Crippen LogP contribution is 2.14. The second-order valence-electron chi connectivity index (χ2n) is 12.2. The number of ether oxygens (including phenoxy) is 2. The minimum atomic E-state index is -0.791. The topological polar surface area (TPSA) is 93.1 Å². The van der Waals surface area contributed by atoms with Crippen molar-refractivity contribution in [2.75, 3.05) is 13.2 Å². The van der Waals surface area contributed by atoms with Gasteiger partial charge >= 0.3 is 11.9 Å². The van der Waals surface area contributed by atoms with E-state index in [9.17, 15) is 19.8 Å². The fraction of sp³-hybridized carbons (Fsp3) is 0.784. The Morgan fingerprint density at radius 2 is 1.26 bits per heavy atom. The summed E-state index contributed by atoms with van der Waals surface area (Å²) in [5.41, 5.74) is 0. The quantitative estimate of drug-likeness (QED) is 0.0366. The van der Waals surface area contributed by atoms with Crippen LogP contribution < -0.4 is 0 Å². The van der Waals surface area contributed by atoms with Gasteiger partial charge in [-0.05, 0) is 44.4 Å². The Morgan fingerprint density at radius 1 is 0.698 bits per heavy atom. The summed E-state index contributed by atoms with van der Waals surface area (Å²) in [5, 5.41) is 19.3. The summed E-state index contributed by atoms with van der Waals surface area (Å²) in [5.74, 6) is 0.173. The van der Waals surface area contributed by atoms with Gasteiger partial charge < -0.3 is 19.7 Å². The lowest BCUT2D eigenvalue weighted by Crippen LogP contribution is -2.28. The summed E-state index contributed by atoms with van der Waals surface area (Å²) in [6.07, 6.45) is 32.5. The van der Waals surface area contributed by atoms with Crippen LogP contribution in [0.1, 0.15) is 156 Å². The number of unbranched alkanes of at least 4 members (excludes halogenated alkanes) is 14. The van der Waals surface area contributed by atoms with E-state index in [1.165, 1.54) is 51.4 Å². The molecule has 250 valence electrons. The average molecular weight is 607 g/mol. The molecule has 0 aliphatic rings. The number of carbonyl (C=O) groups excluding carboxylic acids is 2. The lowest BCUT2D eigenvalue weighted by Gasteiger charge is -2.15. The highest BCUT2D eigenvalue weighted by atomic mass is 16.6. The highest BCUT2D eigenvalue weighted by Gasteiger charge is 2.16. The predicted molar refractivity (Wildman–Crippen MR) is 179 cm³/mol. The Hall–Kier alpha value is -1.92. The molecule has 0 saturated carbocycles. The van der Waals surface area contributed by atoms with Gasteiger partial charge in [-0.15, -0.1) is 0 Å². The molecular weight excluding hydrogens is 540 g/mol. The van der Waals surface area contributed by atoms with Gasteiger partial charge in [0.2, 0.25) is 0 Å². The Labute approximate surface area is 264 Å². The van der Waals surface area contributed by atoms with Gasteiger partial charge in [0.25, 0.3) is 0 Å². The standard InChI is InChI=1S/C37H66O6/c1-4-5-21-27-34(39)28-23-18-14-10-8-12-15-19-24-29-36(40)42-32-35(31-38)43-37(41)30-25-20-16-11-7-6-9-13-17-22-26-33(2)3/h5,14,18,21,23,28,33-35,38-39H,4,6-13,15-17,19-20,22,24-27,29-32H2,1-3H3/b18-14+,21-5+,28-23+/t34?,35-/m0/s1. The Kier molecular flexibility index (Phi) is 30.1. The third-order valence-electron chi connectivity index (χ3n) is 7.46. The first-order valence-corrected chi connectivity index (χ1v) is 17.5. The zero-order valence-corrected chi connectivity index (χ0v) is 28.0. The van der Waals surface area contributed by atoms with Crippen molar-refractivity contribution in [2.24, 2.45) is 5.92 Å². The van der Waals surface area contributed by atoms with E-state index in [1.54, 1.807) is 0 Å². The molecule has 6 nitrogen and oxygen atoms in total. The molecule has 0 heterocycles. The van der Waals surface area contributed by atoms with Gasteiger partial charge in [0.15, 0.2) is 6.10 Å². The van der Waals surface area contributed by atoms with Crippen LogP contribution in [0.25, 0.3) is 0 Å². The maximum Gasteiger partial charge on any atom is 0.306 e. The third-order valence-corrected chi connectivity index (χ3v) is 7.46. The van der Waals surface area contributed by atoms with Gasteiger partial charge in [-0.3, -0.25) is 9.59 Å². The van der Waals surface area contributed by atoms with Crippen molar-refractivity contribution in [1.29, 1.82) is 0 Å². The molecule has 0 aliphatic carbocycles. The third kappa shape index (κ3) is 31.3. The van der Waals surface area contributed by atoms with Crippen LogP contribution in [-0.2, 0) is 19.1 Å². The van der Waals surface area contributed by atoms with Gasteiger partial charge in [0, 0.05) is 12.8 Å². The summed E-state index contributed by atoms with van der Waals surface area (Å²) in [6.45, 7) is 6.21. The van der Waals surface area contributed by atoms with Gasteiger partial charge in [0.1, 0.15) is 6.61 Å². The molecule has 0 spiro atoms. The van der Waals surface area contributed by atoms with Gasteiger partial charge in [0.05, 0.1) is 12.7 Å². The number of rotatable bonds is 30. The minimum absolute atomic E-state index is 0.0915. The van der Waals surface area contributed by atoms with Gasteiger partial charge in [-0.2, -0.15) is 0 Å². The molecule has 0 fully saturated rings. The van der Waals surface area contributed by atoms with Crippen LogP contribution in [0.5, 0.6) is 0 Å². The maximum absolute atomic E-state index is 12.1. The fourth-order valence-corrected chi connectivity index (χ4v) is 4.77. The molecule has 2 atom stereocenters. The van der Waals surface area contributed by atoms with Crippen LogP contribution in [0.3, 0.4) is 0 Å². The number of aliphatic hydroxyl groups excluding tert-OH is 2. The first kappa shape index (κ1) is 41.1. The maximum atomic E-state index is 12.1. The van der Waals surface area contributed by atoms with E-state index in [4.69, 9.17) is 9.47 Å². The molecule has 2 N–H and O–H groups in total. The van der Waals surface area contributed by atoms with Crippen molar-refractivity contribution in [3.8, 4) is 0 Å². The molecule has 0 rings (SSSR count). The lowest BCUT2D eigenvalue weighted by molar-refractivity contribution is -0.161. The zero-order chi connectivity index (χ0) is 31.8. The normalized spacial score (nSPS) is 13.4. The smallest absolute Gasteiger partial charge is 0.306 e. The monoisotopic (exact) mass is 606 g/mol. The van der Waals surface area contributed by atoms with Gasteiger partial charge in [-0.1, -0.05) is 141 Å². The summed E-state index contributed by atoms with van der Waals surface area (Å²) < 4.78 is 10.5. The first-order valence-electron chi connectivity index (χ1n) is 17.5. The first-order chi connectivity index (χ1) is 20.9. The van der Waals surface area contributed by atoms with Crippen molar-refractivity contribution in [1.82, 2.24) is 0 Å². The molecule has 0 aromatic heterocycles. The average Bonchev–Trinajstić information content (AvgIpc) is 2.98. The van der Waals surface area contributed by atoms with Crippen LogP contribution in [-0.4, -0.2) is 47.6 Å². The number of hydrogen-bond donors (Lipinski definition) is 2. The fourth-order valence-electron chi connectivity index (χ4n) is 4.77. The molecule has 1 unspecified atom stereocenters. The second kappa shape index (κ2) is 31.5. The largest absolute Gasteiger partial charge is 0.462 e. The van der Waals surface area contributed by atoms with Crippen LogP contribution in [0, 0.1) is 5.92 Å². The van der Waals surface area contributed by atoms with E-state index in [-0.39, 0.29) is 25.2 Å². The Balaban J connectivity index is 3.66. The summed E-state index contributed by atoms with van der Waals surface area (Å²) in [6, 6.07) is 0. The minimum Gasteiger partial charge on any atom is -0.462 e. The van der Waals surface area contributed by atoms with Crippen LogP contribution in [0.2, 0.25) is 0 Å². The van der Waals surface area contributed by atoms with Crippen LogP contribution in [0.15, 0.2) is 36.5 Å². The molecule has 6 heteroatoms. The lowest BCUT2D eigenvalue weighted by atomic mass is 10.0. The summed E-state index contributed by atoms with van der Waals surface area (Å²) in [4.78, 5) is 24.1. The van der Waals surface area contributed by atoms with E-state index in [0.717, 1.165) is 70.1 Å². The second-order valence-corrected chi connectivity index (χ2v) is 12.2. The number of aliphatic hydroxyl groups is 2. The van der Waals surface area contributed by atoms with E-state index in [1.807, 2.05) is 24.3 Å². The molecule has 0 saturated heterocycles. The van der Waals surface area contributed by atoms with Crippen LogP contribution >= 0.6 is 0 Å². The van der Waals surface area contributed by atoms with Crippen LogP contribution in [0.4, 0.5) is 0 Å². The SMILES string of the molecule is CC/C=C/CC(O)/C=C/C=C/CCCCCCCC(=O)OC[C@H](CO)OC(=O)CCCCCCCCCCCCC(C)C. The van der Waals surface area contributed by atoms with Crippen molar-refractivity contribution in [2.45, 2.75) is 168 Å². The number of hydrogen-bond acceptors (Lipinski definition) is 6. The van der Waals surface area contributed by atoms with Gasteiger partial charge in [-0.25, -0.2) is 0 Å². The summed E-state index contributed by atoms with van der Waals surface area (Å²) >= 11 is 0. The number of carbonyl (C=O) groups is 2. The zero-order valence-electron chi connectivity index (χ0n) is 28.0. The molecular formula is C37H66O6. The number of allylic oxidation sites excluding steroid dienone is 4.